The summed E-state index contributed by atoms with van der Waals surface area (Å²) < 4.78 is 0. The third-order valence-corrected chi connectivity index (χ3v) is 3.62. The number of amides is 1. The summed E-state index contributed by atoms with van der Waals surface area (Å²) in [6.07, 6.45) is 1.84. The lowest BCUT2D eigenvalue weighted by atomic mass is 10.0. The summed E-state index contributed by atoms with van der Waals surface area (Å²) in [5, 5.41) is 3.05. The molecule has 3 nitrogen and oxygen atoms in total. The molecule has 1 aromatic rings. The van der Waals surface area contributed by atoms with Crippen molar-refractivity contribution < 1.29 is 4.79 Å². The molecule has 0 heterocycles. The quantitative estimate of drug-likeness (QED) is 0.818. The highest BCUT2D eigenvalue weighted by Crippen LogP contribution is 2.07. The number of carbonyl (C=O) groups excluding carboxylic acids is 1. The molecule has 0 aliphatic heterocycles. The van der Waals surface area contributed by atoms with E-state index in [1.807, 2.05) is 19.9 Å². The fourth-order valence-corrected chi connectivity index (χ4v) is 1.90. The average molecular weight is 262 g/mol. The fraction of sp³-hybridized carbons (Fsp3) is 0.562. The maximum absolute atomic E-state index is 11.8. The summed E-state index contributed by atoms with van der Waals surface area (Å²) in [7, 11) is 4.12. The second kappa shape index (κ2) is 7.95. The Morgan fingerprint density at radius 3 is 2.42 bits per heavy atom. The Labute approximate surface area is 117 Å². The van der Waals surface area contributed by atoms with E-state index in [1.165, 1.54) is 5.56 Å². The molecule has 3 heteroatoms. The van der Waals surface area contributed by atoms with Crippen molar-refractivity contribution in [1.29, 1.82) is 0 Å². The second-order valence-electron chi connectivity index (χ2n) is 5.36. The SMILES string of the molecule is CC[C@@H](C)C(=O)NC[C@@H](Cc1ccccc1)N(C)C. The van der Waals surface area contributed by atoms with Crippen molar-refractivity contribution in [2.75, 3.05) is 20.6 Å². The van der Waals surface area contributed by atoms with Crippen LogP contribution in [0.3, 0.4) is 0 Å². The van der Waals surface area contributed by atoms with E-state index in [4.69, 9.17) is 0 Å². The van der Waals surface area contributed by atoms with E-state index in [-0.39, 0.29) is 11.8 Å². The summed E-state index contributed by atoms with van der Waals surface area (Å²) in [4.78, 5) is 14.0. The zero-order chi connectivity index (χ0) is 14.3. The van der Waals surface area contributed by atoms with Gasteiger partial charge in [0.05, 0.1) is 0 Å². The zero-order valence-electron chi connectivity index (χ0n) is 12.5. The van der Waals surface area contributed by atoms with Gasteiger partial charge in [-0.3, -0.25) is 4.79 Å². The van der Waals surface area contributed by atoms with Crippen molar-refractivity contribution >= 4 is 5.91 Å². The van der Waals surface area contributed by atoms with Crippen LogP contribution < -0.4 is 5.32 Å². The largest absolute Gasteiger partial charge is 0.354 e. The van der Waals surface area contributed by atoms with E-state index in [9.17, 15) is 4.79 Å². The number of rotatable bonds is 7. The summed E-state index contributed by atoms with van der Waals surface area (Å²) in [6, 6.07) is 10.7. The Morgan fingerprint density at radius 2 is 1.89 bits per heavy atom. The van der Waals surface area contributed by atoms with Gasteiger partial charge in [-0.2, -0.15) is 0 Å². The molecule has 1 N–H and O–H groups in total. The van der Waals surface area contributed by atoms with Gasteiger partial charge in [0.1, 0.15) is 0 Å². The van der Waals surface area contributed by atoms with Crippen molar-refractivity contribution in [2.45, 2.75) is 32.7 Å². The highest BCUT2D eigenvalue weighted by atomic mass is 16.1. The smallest absolute Gasteiger partial charge is 0.222 e. The van der Waals surface area contributed by atoms with Crippen LogP contribution in [-0.2, 0) is 11.2 Å². The number of likely N-dealkylation sites (N-methyl/N-ethyl adjacent to an activating group) is 1. The Hall–Kier alpha value is -1.35. The van der Waals surface area contributed by atoms with Crippen LogP contribution in [0.4, 0.5) is 0 Å². The van der Waals surface area contributed by atoms with E-state index in [0.29, 0.717) is 12.6 Å². The lowest BCUT2D eigenvalue weighted by Gasteiger charge is -2.25. The maximum atomic E-state index is 11.8. The molecule has 0 aromatic heterocycles. The van der Waals surface area contributed by atoms with Crippen molar-refractivity contribution in [3.8, 4) is 0 Å². The average Bonchev–Trinajstić information content (AvgIpc) is 2.42. The first kappa shape index (κ1) is 15.7. The minimum absolute atomic E-state index is 0.0968. The first-order valence-electron chi connectivity index (χ1n) is 7.02. The molecule has 0 saturated carbocycles. The van der Waals surface area contributed by atoms with Crippen molar-refractivity contribution in [1.82, 2.24) is 10.2 Å². The van der Waals surface area contributed by atoms with Crippen LogP contribution in [0.2, 0.25) is 0 Å². The molecule has 1 amide bonds. The van der Waals surface area contributed by atoms with Gasteiger partial charge in [-0.1, -0.05) is 44.2 Å². The van der Waals surface area contributed by atoms with Crippen LogP contribution in [0.5, 0.6) is 0 Å². The Balaban J connectivity index is 2.52. The third-order valence-electron chi connectivity index (χ3n) is 3.62. The van der Waals surface area contributed by atoms with Gasteiger partial charge in [-0.25, -0.2) is 0 Å². The van der Waals surface area contributed by atoms with Crippen LogP contribution in [-0.4, -0.2) is 37.5 Å². The van der Waals surface area contributed by atoms with E-state index in [1.54, 1.807) is 0 Å². The van der Waals surface area contributed by atoms with Crippen LogP contribution in [0, 0.1) is 5.92 Å². The minimum Gasteiger partial charge on any atom is -0.354 e. The van der Waals surface area contributed by atoms with Gasteiger partial charge < -0.3 is 10.2 Å². The maximum Gasteiger partial charge on any atom is 0.222 e. The van der Waals surface area contributed by atoms with Gasteiger partial charge in [0.25, 0.3) is 0 Å². The standard InChI is InChI=1S/C16H26N2O/c1-5-13(2)16(19)17-12-15(18(3)4)11-14-9-7-6-8-10-14/h6-10,13,15H,5,11-12H2,1-4H3,(H,17,19)/t13-,15-/m1/s1. The Morgan fingerprint density at radius 1 is 1.26 bits per heavy atom. The summed E-state index contributed by atoms with van der Waals surface area (Å²) >= 11 is 0. The van der Waals surface area contributed by atoms with Crippen LogP contribution in [0.15, 0.2) is 30.3 Å². The molecule has 0 fully saturated rings. The lowest BCUT2D eigenvalue weighted by Crippen LogP contribution is -2.43. The number of hydrogen-bond donors (Lipinski definition) is 1. The predicted octanol–water partition coefficient (Wildman–Crippen LogP) is 2.32. The monoisotopic (exact) mass is 262 g/mol. The third kappa shape index (κ3) is 5.43. The Bertz CT molecular complexity index is 376. The van der Waals surface area contributed by atoms with Gasteiger partial charge in [-0.15, -0.1) is 0 Å². The number of nitrogens with zero attached hydrogens (tertiary/aromatic N) is 1. The molecule has 0 spiro atoms. The molecule has 0 aliphatic rings. The van der Waals surface area contributed by atoms with E-state index in [2.05, 4.69) is 48.6 Å². The molecule has 0 saturated heterocycles. The molecule has 0 bridgehead atoms. The first-order valence-corrected chi connectivity index (χ1v) is 7.02. The highest BCUT2D eigenvalue weighted by molar-refractivity contribution is 5.78. The van der Waals surface area contributed by atoms with Gasteiger partial charge in [0, 0.05) is 18.5 Å². The van der Waals surface area contributed by atoms with Gasteiger partial charge >= 0.3 is 0 Å². The number of carbonyl (C=O) groups is 1. The molecule has 0 unspecified atom stereocenters. The van der Waals surface area contributed by atoms with Crippen molar-refractivity contribution in [3.63, 3.8) is 0 Å². The molecular formula is C16H26N2O. The fourth-order valence-electron chi connectivity index (χ4n) is 1.90. The molecule has 19 heavy (non-hydrogen) atoms. The second-order valence-corrected chi connectivity index (χ2v) is 5.36. The van der Waals surface area contributed by atoms with Gasteiger partial charge in [-0.05, 0) is 32.5 Å². The molecule has 1 aromatic carbocycles. The van der Waals surface area contributed by atoms with E-state index in [0.717, 1.165) is 12.8 Å². The number of benzene rings is 1. The van der Waals surface area contributed by atoms with E-state index >= 15 is 0 Å². The van der Waals surface area contributed by atoms with E-state index < -0.39 is 0 Å². The summed E-state index contributed by atoms with van der Waals surface area (Å²) in [6.45, 7) is 4.71. The molecule has 2 atom stereocenters. The number of hydrogen-bond acceptors (Lipinski definition) is 2. The minimum atomic E-state index is 0.0968. The normalized spacial score (nSPS) is 14.2. The topological polar surface area (TPSA) is 32.3 Å². The highest BCUT2D eigenvalue weighted by Gasteiger charge is 2.15. The molecular weight excluding hydrogens is 236 g/mol. The van der Waals surface area contributed by atoms with Crippen molar-refractivity contribution in [3.05, 3.63) is 35.9 Å². The van der Waals surface area contributed by atoms with Crippen LogP contribution >= 0.6 is 0 Å². The molecule has 0 aliphatic carbocycles. The van der Waals surface area contributed by atoms with Crippen LogP contribution in [0.25, 0.3) is 0 Å². The molecule has 1 rings (SSSR count). The van der Waals surface area contributed by atoms with Crippen molar-refractivity contribution in [2.24, 2.45) is 5.92 Å². The summed E-state index contributed by atoms with van der Waals surface area (Å²) in [5.74, 6) is 0.252. The number of nitrogens with one attached hydrogen (secondary N) is 1. The summed E-state index contributed by atoms with van der Waals surface area (Å²) in [5.41, 5.74) is 1.30. The zero-order valence-corrected chi connectivity index (χ0v) is 12.5. The lowest BCUT2D eigenvalue weighted by molar-refractivity contribution is -0.124. The molecule has 106 valence electrons. The van der Waals surface area contributed by atoms with Crippen LogP contribution in [0.1, 0.15) is 25.8 Å². The Kier molecular flexibility index (Phi) is 6.57. The van der Waals surface area contributed by atoms with Gasteiger partial charge in [0.2, 0.25) is 5.91 Å². The predicted molar refractivity (Wildman–Crippen MR) is 80.1 cm³/mol. The van der Waals surface area contributed by atoms with Gasteiger partial charge in [0.15, 0.2) is 0 Å². The first-order chi connectivity index (χ1) is 9.04. The molecule has 0 radical (unpaired) electrons.